The third-order valence-electron chi connectivity index (χ3n) is 5.31. The highest BCUT2D eigenvalue weighted by Crippen LogP contribution is 2.41. The fourth-order valence-electron chi connectivity index (χ4n) is 3.76. The van der Waals surface area contributed by atoms with Gasteiger partial charge in [-0.05, 0) is 25.0 Å². The molecule has 1 aliphatic heterocycles. The molecule has 29 heavy (non-hydrogen) atoms. The molecule has 0 radical (unpaired) electrons. The number of ether oxygens (including phenoxy) is 1. The van der Waals surface area contributed by atoms with Crippen molar-refractivity contribution in [1.82, 2.24) is 19.9 Å². The SMILES string of the molecule is NC(=O)c1c(C2CC2)nn2c(C(=O)N[C@H]3CCOc4cc(F)ccc43)ccnc12. The molecule has 2 aliphatic rings. The topological polar surface area (TPSA) is 112 Å². The minimum Gasteiger partial charge on any atom is -0.493 e. The molecule has 1 fully saturated rings. The zero-order valence-corrected chi connectivity index (χ0v) is 15.4. The average Bonchev–Trinajstić information content (AvgIpc) is 3.46. The first-order chi connectivity index (χ1) is 14.0. The first-order valence-electron chi connectivity index (χ1n) is 9.43. The van der Waals surface area contributed by atoms with Crippen LogP contribution in [0.1, 0.15) is 63.3 Å². The highest BCUT2D eigenvalue weighted by molar-refractivity contribution is 6.01. The zero-order valence-electron chi connectivity index (χ0n) is 15.4. The van der Waals surface area contributed by atoms with Gasteiger partial charge in [-0.3, -0.25) is 9.59 Å². The molecular formula is C20H18FN5O3. The van der Waals surface area contributed by atoms with Crippen LogP contribution in [-0.4, -0.2) is 33.0 Å². The Bertz CT molecular complexity index is 1150. The summed E-state index contributed by atoms with van der Waals surface area (Å²) >= 11 is 0. The van der Waals surface area contributed by atoms with E-state index in [1.165, 1.54) is 22.8 Å². The minimum absolute atomic E-state index is 0.173. The summed E-state index contributed by atoms with van der Waals surface area (Å²) in [5, 5.41) is 7.44. The maximum absolute atomic E-state index is 13.5. The predicted molar refractivity (Wildman–Crippen MR) is 100 cm³/mol. The van der Waals surface area contributed by atoms with E-state index in [0.29, 0.717) is 30.0 Å². The van der Waals surface area contributed by atoms with Crippen molar-refractivity contribution in [2.45, 2.75) is 31.2 Å². The van der Waals surface area contributed by atoms with Crippen LogP contribution < -0.4 is 15.8 Å². The van der Waals surface area contributed by atoms with Gasteiger partial charge in [0.15, 0.2) is 5.65 Å². The van der Waals surface area contributed by atoms with Crippen LogP contribution in [-0.2, 0) is 0 Å². The van der Waals surface area contributed by atoms with Gasteiger partial charge in [0.05, 0.1) is 18.3 Å². The lowest BCUT2D eigenvalue weighted by Gasteiger charge is -2.26. The van der Waals surface area contributed by atoms with Gasteiger partial charge in [0, 0.05) is 30.2 Å². The smallest absolute Gasteiger partial charge is 0.270 e. The molecule has 9 heteroatoms. The number of primary amides is 1. The van der Waals surface area contributed by atoms with Gasteiger partial charge in [-0.25, -0.2) is 13.9 Å². The Morgan fingerprint density at radius 2 is 2.07 bits per heavy atom. The molecule has 1 saturated carbocycles. The summed E-state index contributed by atoms with van der Waals surface area (Å²) in [5.74, 6) is -0.776. The lowest BCUT2D eigenvalue weighted by molar-refractivity contribution is 0.0915. The highest BCUT2D eigenvalue weighted by atomic mass is 19.1. The van der Waals surface area contributed by atoms with Gasteiger partial charge in [0.1, 0.15) is 22.8 Å². The molecule has 3 heterocycles. The molecule has 2 amide bonds. The Labute approximate surface area is 164 Å². The molecule has 8 nitrogen and oxygen atoms in total. The summed E-state index contributed by atoms with van der Waals surface area (Å²) in [6, 6.07) is 5.48. The first-order valence-corrected chi connectivity index (χ1v) is 9.43. The number of nitrogens with zero attached hydrogens (tertiary/aromatic N) is 3. The number of benzene rings is 1. The zero-order chi connectivity index (χ0) is 20.1. The van der Waals surface area contributed by atoms with E-state index in [4.69, 9.17) is 10.5 Å². The minimum atomic E-state index is -0.604. The maximum atomic E-state index is 13.5. The Kier molecular flexibility index (Phi) is 3.97. The number of amides is 2. The van der Waals surface area contributed by atoms with Crippen molar-refractivity contribution >= 4 is 17.5 Å². The van der Waals surface area contributed by atoms with E-state index in [2.05, 4.69) is 15.4 Å². The van der Waals surface area contributed by atoms with Gasteiger partial charge >= 0.3 is 0 Å². The lowest BCUT2D eigenvalue weighted by atomic mass is 10.0. The number of hydrogen-bond acceptors (Lipinski definition) is 5. The number of fused-ring (bicyclic) bond motifs is 2. The second-order valence-corrected chi connectivity index (χ2v) is 7.31. The second-order valence-electron chi connectivity index (χ2n) is 7.31. The molecule has 1 atom stereocenters. The van der Waals surface area contributed by atoms with Crippen LogP contribution in [0.4, 0.5) is 4.39 Å². The largest absolute Gasteiger partial charge is 0.493 e. The van der Waals surface area contributed by atoms with Crippen molar-refractivity contribution in [1.29, 1.82) is 0 Å². The summed E-state index contributed by atoms with van der Waals surface area (Å²) in [6.45, 7) is 0.368. The van der Waals surface area contributed by atoms with Crippen molar-refractivity contribution in [3.63, 3.8) is 0 Å². The van der Waals surface area contributed by atoms with Crippen molar-refractivity contribution in [3.05, 3.63) is 58.8 Å². The number of carbonyl (C=O) groups is 2. The summed E-state index contributed by atoms with van der Waals surface area (Å²) in [5.41, 5.74) is 7.67. The molecule has 0 saturated heterocycles. The van der Waals surface area contributed by atoms with Crippen molar-refractivity contribution < 1.29 is 18.7 Å². The predicted octanol–water partition coefficient (Wildman–Crippen LogP) is 2.10. The Morgan fingerprint density at radius 1 is 1.24 bits per heavy atom. The molecule has 3 aromatic rings. The number of nitrogens with one attached hydrogen (secondary N) is 1. The summed E-state index contributed by atoms with van der Waals surface area (Å²) in [7, 11) is 0. The van der Waals surface area contributed by atoms with Crippen LogP contribution in [0.2, 0.25) is 0 Å². The molecule has 2 aromatic heterocycles. The molecular weight excluding hydrogens is 377 g/mol. The molecule has 0 unspecified atom stereocenters. The highest BCUT2D eigenvalue weighted by Gasteiger charge is 2.34. The first kappa shape index (κ1) is 17.6. The number of nitrogens with two attached hydrogens (primary N) is 1. The van der Waals surface area contributed by atoms with Crippen LogP contribution in [0.3, 0.4) is 0 Å². The van der Waals surface area contributed by atoms with E-state index in [1.54, 1.807) is 12.1 Å². The van der Waals surface area contributed by atoms with Crippen LogP contribution in [0.25, 0.3) is 5.65 Å². The molecule has 5 rings (SSSR count). The second kappa shape index (κ2) is 6.54. The van der Waals surface area contributed by atoms with E-state index in [0.717, 1.165) is 12.8 Å². The fraction of sp³-hybridized carbons (Fsp3) is 0.300. The third kappa shape index (κ3) is 2.98. The molecule has 148 valence electrons. The van der Waals surface area contributed by atoms with E-state index in [9.17, 15) is 14.0 Å². The van der Waals surface area contributed by atoms with Crippen molar-refractivity contribution in [3.8, 4) is 5.75 Å². The van der Waals surface area contributed by atoms with Crippen LogP contribution in [0.5, 0.6) is 5.75 Å². The van der Waals surface area contributed by atoms with Gasteiger partial charge in [-0.15, -0.1) is 0 Å². The van der Waals surface area contributed by atoms with Gasteiger partial charge in [0.25, 0.3) is 11.8 Å². The van der Waals surface area contributed by atoms with E-state index < -0.39 is 11.7 Å². The van der Waals surface area contributed by atoms with Crippen LogP contribution in [0, 0.1) is 5.82 Å². The van der Waals surface area contributed by atoms with E-state index in [-0.39, 0.29) is 34.8 Å². The van der Waals surface area contributed by atoms with Crippen molar-refractivity contribution in [2.24, 2.45) is 5.73 Å². The fourth-order valence-corrected chi connectivity index (χ4v) is 3.76. The Balaban J connectivity index is 1.51. The number of aromatic nitrogens is 3. The molecule has 3 N–H and O–H groups in total. The summed E-state index contributed by atoms with van der Waals surface area (Å²) < 4.78 is 20.4. The van der Waals surface area contributed by atoms with Gasteiger partial charge in [0.2, 0.25) is 0 Å². The van der Waals surface area contributed by atoms with Crippen LogP contribution in [0.15, 0.2) is 30.5 Å². The molecule has 1 aromatic carbocycles. The van der Waals surface area contributed by atoms with E-state index >= 15 is 0 Å². The number of hydrogen-bond donors (Lipinski definition) is 2. The Hall–Kier alpha value is -3.49. The number of halogens is 1. The lowest BCUT2D eigenvalue weighted by Crippen LogP contribution is -2.33. The quantitative estimate of drug-likeness (QED) is 0.703. The van der Waals surface area contributed by atoms with Gasteiger partial charge < -0.3 is 15.8 Å². The molecule has 0 spiro atoms. The maximum Gasteiger partial charge on any atom is 0.270 e. The Morgan fingerprint density at radius 3 is 2.83 bits per heavy atom. The van der Waals surface area contributed by atoms with Crippen LogP contribution >= 0.6 is 0 Å². The average molecular weight is 395 g/mol. The summed E-state index contributed by atoms with van der Waals surface area (Å²) in [4.78, 5) is 29.3. The monoisotopic (exact) mass is 395 g/mol. The standard InChI is InChI=1S/C20H18FN5O3/c21-11-3-4-12-13(6-8-29-15(12)9-11)24-20(28)14-5-7-23-19-16(18(22)27)17(10-1-2-10)25-26(14)19/h3-5,7,9-10,13H,1-2,6,8H2,(H2,22,27)(H,24,28)/t13-/m0/s1. The molecule has 1 aliphatic carbocycles. The number of rotatable bonds is 4. The van der Waals surface area contributed by atoms with Gasteiger partial charge in [-0.2, -0.15) is 5.10 Å². The van der Waals surface area contributed by atoms with E-state index in [1.807, 2.05) is 0 Å². The molecule has 0 bridgehead atoms. The number of carbonyl (C=O) groups excluding carboxylic acids is 2. The van der Waals surface area contributed by atoms with Gasteiger partial charge in [-0.1, -0.05) is 6.07 Å². The summed E-state index contributed by atoms with van der Waals surface area (Å²) in [6.07, 6.45) is 3.88. The van der Waals surface area contributed by atoms with Crippen molar-refractivity contribution in [2.75, 3.05) is 6.61 Å². The normalized spacial score (nSPS) is 18.2. The third-order valence-corrected chi connectivity index (χ3v) is 5.31.